The minimum absolute atomic E-state index is 0.163. The molecule has 1 heterocycles. The maximum absolute atomic E-state index is 12.5. The van der Waals surface area contributed by atoms with Crippen LogP contribution in [-0.2, 0) is 13.0 Å². The third-order valence-corrected chi connectivity index (χ3v) is 5.15. The summed E-state index contributed by atoms with van der Waals surface area (Å²) >= 11 is 1.72. The number of nitrogens with one attached hydrogen (secondary N) is 2. The Bertz CT molecular complexity index is 896. The zero-order chi connectivity index (χ0) is 19.8. The molecule has 1 aromatic heterocycles. The van der Waals surface area contributed by atoms with Gasteiger partial charge < -0.3 is 15.4 Å². The van der Waals surface area contributed by atoms with E-state index in [0.29, 0.717) is 18.1 Å². The molecule has 0 radical (unpaired) electrons. The molecule has 0 spiro atoms. The van der Waals surface area contributed by atoms with E-state index in [1.165, 1.54) is 10.8 Å². The van der Waals surface area contributed by atoms with E-state index in [1.807, 2.05) is 18.2 Å². The van der Waals surface area contributed by atoms with Gasteiger partial charge in [0.25, 0.3) is 0 Å². The highest BCUT2D eigenvalue weighted by atomic mass is 32.1. The Kier molecular flexibility index (Phi) is 7.13. The number of rotatable bonds is 8. The number of hydrogen-bond acceptors (Lipinski definition) is 4. The fourth-order valence-electron chi connectivity index (χ4n) is 2.73. The highest BCUT2D eigenvalue weighted by Crippen LogP contribution is 2.22. The maximum atomic E-state index is 12.5. The summed E-state index contributed by atoms with van der Waals surface area (Å²) in [5.41, 5.74) is 1.68. The molecule has 3 rings (SSSR count). The van der Waals surface area contributed by atoms with Crippen LogP contribution in [0.1, 0.15) is 17.0 Å². The number of aliphatic imine (C=N–C) groups is 1. The molecule has 5 nitrogen and oxygen atoms in total. The number of alkyl halides is 2. The molecule has 0 fully saturated rings. The van der Waals surface area contributed by atoms with Crippen LogP contribution in [0.25, 0.3) is 10.2 Å². The first-order valence-corrected chi connectivity index (χ1v) is 9.79. The molecular weight excluding hydrogens is 382 g/mol. The van der Waals surface area contributed by atoms with E-state index < -0.39 is 6.61 Å². The van der Waals surface area contributed by atoms with E-state index in [1.54, 1.807) is 36.6 Å². The highest BCUT2D eigenvalue weighted by molar-refractivity contribution is 7.18. The number of ether oxygens (including phenoxy) is 1. The van der Waals surface area contributed by atoms with Gasteiger partial charge in [0.15, 0.2) is 5.96 Å². The number of thiazole rings is 1. The molecule has 8 heteroatoms. The number of nitrogens with zero attached hydrogens (tertiary/aromatic N) is 2. The van der Waals surface area contributed by atoms with Crippen molar-refractivity contribution >= 4 is 27.5 Å². The molecule has 0 saturated carbocycles. The van der Waals surface area contributed by atoms with Gasteiger partial charge in [-0.15, -0.1) is 11.3 Å². The van der Waals surface area contributed by atoms with Crippen LogP contribution in [0.5, 0.6) is 5.75 Å². The number of fused-ring (bicyclic) bond motifs is 1. The quantitative estimate of drug-likeness (QED) is 0.336. The van der Waals surface area contributed by atoms with Crippen molar-refractivity contribution in [2.45, 2.75) is 26.0 Å². The average Bonchev–Trinajstić information content (AvgIpc) is 3.11. The first-order valence-electron chi connectivity index (χ1n) is 8.97. The molecule has 0 unspecified atom stereocenters. The van der Waals surface area contributed by atoms with Crippen molar-refractivity contribution < 1.29 is 13.5 Å². The Morgan fingerprint density at radius 3 is 2.71 bits per heavy atom. The van der Waals surface area contributed by atoms with Gasteiger partial charge in [-0.3, -0.25) is 4.99 Å². The lowest BCUT2D eigenvalue weighted by atomic mass is 10.2. The summed E-state index contributed by atoms with van der Waals surface area (Å²) in [6.45, 7) is -1.79. The average molecular weight is 404 g/mol. The third kappa shape index (κ3) is 5.63. The number of benzene rings is 2. The number of hydrogen-bond donors (Lipinski definition) is 2. The van der Waals surface area contributed by atoms with Crippen LogP contribution in [0.4, 0.5) is 8.78 Å². The first kappa shape index (κ1) is 20.0. The second kappa shape index (κ2) is 9.98. The molecule has 0 amide bonds. The number of aryl methyl sites for hydroxylation is 1. The van der Waals surface area contributed by atoms with Crippen LogP contribution in [0.15, 0.2) is 53.5 Å². The zero-order valence-corrected chi connectivity index (χ0v) is 16.3. The normalized spacial score (nSPS) is 11.8. The van der Waals surface area contributed by atoms with Crippen molar-refractivity contribution in [2.75, 3.05) is 13.6 Å². The van der Waals surface area contributed by atoms with E-state index in [9.17, 15) is 8.78 Å². The molecular formula is C20H22F2N4OS. The number of para-hydroxylation sites is 2. The second-order valence-corrected chi connectivity index (χ2v) is 7.13. The summed E-state index contributed by atoms with van der Waals surface area (Å²) in [5.74, 6) is 0.771. The molecule has 2 aromatic carbocycles. The predicted molar refractivity (Wildman–Crippen MR) is 109 cm³/mol. The Hall–Kier alpha value is -2.74. The fourth-order valence-corrected chi connectivity index (χ4v) is 3.74. The van der Waals surface area contributed by atoms with Crippen LogP contribution in [-0.4, -0.2) is 31.1 Å². The van der Waals surface area contributed by atoms with Crippen LogP contribution in [0.2, 0.25) is 0 Å². The summed E-state index contributed by atoms with van der Waals surface area (Å²) in [4.78, 5) is 8.79. The van der Waals surface area contributed by atoms with Gasteiger partial charge in [0.2, 0.25) is 0 Å². The van der Waals surface area contributed by atoms with Crippen molar-refractivity contribution in [3.05, 3.63) is 59.1 Å². The van der Waals surface area contributed by atoms with Crippen molar-refractivity contribution in [3.63, 3.8) is 0 Å². The van der Waals surface area contributed by atoms with Gasteiger partial charge in [0, 0.05) is 32.1 Å². The van der Waals surface area contributed by atoms with Crippen LogP contribution >= 0.6 is 11.3 Å². The smallest absolute Gasteiger partial charge is 0.387 e. The van der Waals surface area contributed by atoms with E-state index in [4.69, 9.17) is 0 Å². The minimum atomic E-state index is -2.85. The lowest BCUT2D eigenvalue weighted by Gasteiger charge is -2.14. The lowest BCUT2D eigenvalue weighted by Crippen LogP contribution is -2.37. The molecule has 3 aromatic rings. The summed E-state index contributed by atoms with van der Waals surface area (Å²) in [7, 11) is 1.67. The Labute approximate surface area is 166 Å². The second-order valence-electron chi connectivity index (χ2n) is 6.02. The van der Waals surface area contributed by atoms with E-state index >= 15 is 0 Å². The Balaban J connectivity index is 1.45. The molecule has 28 heavy (non-hydrogen) atoms. The number of halogens is 2. The molecule has 0 aliphatic carbocycles. The van der Waals surface area contributed by atoms with Gasteiger partial charge in [-0.1, -0.05) is 30.3 Å². The Morgan fingerprint density at radius 2 is 1.93 bits per heavy atom. The number of guanidine groups is 1. The first-order chi connectivity index (χ1) is 13.7. The van der Waals surface area contributed by atoms with Gasteiger partial charge >= 0.3 is 6.61 Å². The van der Waals surface area contributed by atoms with Crippen molar-refractivity contribution in [2.24, 2.45) is 4.99 Å². The topological polar surface area (TPSA) is 58.5 Å². The van der Waals surface area contributed by atoms with E-state index in [-0.39, 0.29) is 5.75 Å². The van der Waals surface area contributed by atoms with Gasteiger partial charge in [0.05, 0.1) is 15.2 Å². The summed E-state index contributed by atoms with van der Waals surface area (Å²) < 4.78 is 30.7. The minimum Gasteiger partial charge on any atom is -0.434 e. The van der Waals surface area contributed by atoms with Gasteiger partial charge in [-0.25, -0.2) is 4.98 Å². The lowest BCUT2D eigenvalue weighted by molar-refractivity contribution is -0.0504. The van der Waals surface area contributed by atoms with Crippen LogP contribution in [0, 0.1) is 0 Å². The molecule has 148 valence electrons. The third-order valence-electron chi connectivity index (χ3n) is 4.06. The molecule has 2 N–H and O–H groups in total. The molecule has 0 atom stereocenters. The standard InChI is InChI=1S/C20H22F2N4OS/c1-23-20(25-13-14-7-2-4-9-16(14)27-19(21)22)24-12-6-11-18-26-15-8-3-5-10-17(15)28-18/h2-5,7-10,19H,6,11-13H2,1H3,(H2,23,24,25). The summed E-state index contributed by atoms with van der Waals surface area (Å²) in [6.07, 6.45) is 1.79. The van der Waals surface area contributed by atoms with E-state index in [0.717, 1.165) is 29.9 Å². The molecule has 0 bridgehead atoms. The molecule has 0 saturated heterocycles. The van der Waals surface area contributed by atoms with Crippen molar-refractivity contribution in [1.29, 1.82) is 0 Å². The highest BCUT2D eigenvalue weighted by Gasteiger charge is 2.09. The van der Waals surface area contributed by atoms with Crippen molar-refractivity contribution in [1.82, 2.24) is 15.6 Å². The van der Waals surface area contributed by atoms with Gasteiger partial charge in [0.1, 0.15) is 5.75 Å². The Morgan fingerprint density at radius 1 is 1.14 bits per heavy atom. The van der Waals surface area contributed by atoms with Crippen LogP contribution in [0.3, 0.4) is 0 Å². The van der Waals surface area contributed by atoms with Gasteiger partial charge in [-0.05, 0) is 24.6 Å². The monoisotopic (exact) mass is 404 g/mol. The van der Waals surface area contributed by atoms with E-state index in [2.05, 4.69) is 31.4 Å². The summed E-state index contributed by atoms with van der Waals surface area (Å²) in [5, 5.41) is 7.47. The molecule has 0 aliphatic rings. The van der Waals surface area contributed by atoms with Gasteiger partial charge in [-0.2, -0.15) is 8.78 Å². The SMILES string of the molecule is CN=C(NCCCc1nc2ccccc2s1)NCc1ccccc1OC(F)F. The largest absolute Gasteiger partial charge is 0.434 e. The maximum Gasteiger partial charge on any atom is 0.387 e. The number of aromatic nitrogens is 1. The fraction of sp³-hybridized carbons (Fsp3) is 0.300. The predicted octanol–water partition coefficient (Wildman–Crippen LogP) is 4.20. The van der Waals surface area contributed by atoms with Crippen LogP contribution < -0.4 is 15.4 Å². The zero-order valence-electron chi connectivity index (χ0n) is 15.5. The summed E-state index contributed by atoms with van der Waals surface area (Å²) in [6, 6.07) is 14.8. The molecule has 0 aliphatic heterocycles. The van der Waals surface area contributed by atoms with Crippen molar-refractivity contribution in [3.8, 4) is 5.75 Å².